The van der Waals surface area contributed by atoms with Crippen LogP contribution in [0.5, 0.6) is 5.75 Å². The monoisotopic (exact) mass is 440 g/mol. The molecule has 0 saturated carbocycles. The van der Waals surface area contributed by atoms with Crippen molar-refractivity contribution in [2.45, 2.75) is 32.7 Å². The molecule has 33 heavy (non-hydrogen) atoms. The number of Topliss-reactive ketones (excluding diaryl/α,β-unsaturated/α-hetero) is 1. The Morgan fingerprint density at radius 3 is 2.61 bits per heavy atom. The number of amides is 1. The number of hydrogen-bond donors (Lipinski definition) is 1. The number of anilines is 1. The van der Waals surface area contributed by atoms with Gasteiger partial charge in [0, 0.05) is 23.6 Å². The van der Waals surface area contributed by atoms with E-state index in [2.05, 4.69) is 4.98 Å². The Morgan fingerprint density at radius 2 is 1.88 bits per heavy atom. The first-order valence-electron chi connectivity index (χ1n) is 11.0. The minimum absolute atomic E-state index is 0.0591. The van der Waals surface area contributed by atoms with E-state index in [1.165, 1.54) is 4.90 Å². The minimum atomic E-state index is -0.785. The Balaban J connectivity index is 1.70. The van der Waals surface area contributed by atoms with E-state index in [0.717, 1.165) is 35.3 Å². The molecule has 5 rings (SSSR count). The lowest BCUT2D eigenvalue weighted by Gasteiger charge is -2.26. The van der Waals surface area contributed by atoms with Crippen LogP contribution in [0, 0.1) is 13.8 Å². The van der Waals surface area contributed by atoms with Gasteiger partial charge in [-0.2, -0.15) is 0 Å². The zero-order valence-corrected chi connectivity index (χ0v) is 18.5. The first-order valence-corrected chi connectivity index (χ1v) is 11.0. The van der Waals surface area contributed by atoms with Gasteiger partial charge in [0.25, 0.3) is 11.7 Å². The molecule has 3 aromatic rings. The SMILES string of the molecule is Cc1cc(C)cc(N2C(=O)C(=O)/C(=C(\O)c3ccc4c(c3)CCCO4)C2c2cccnc2)c1. The normalized spacial score (nSPS) is 19.3. The van der Waals surface area contributed by atoms with Crippen LogP contribution in [-0.2, 0) is 16.0 Å². The van der Waals surface area contributed by atoms with Gasteiger partial charge in [-0.3, -0.25) is 19.5 Å². The summed E-state index contributed by atoms with van der Waals surface area (Å²) in [5.74, 6) is -0.786. The number of fused-ring (bicyclic) bond motifs is 1. The maximum absolute atomic E-state index is 13.3. The van der Waals surface area contributed by atoms with Crippen LogP contribution in [0.2, 0.25) is 0 Å². The number of hydrogen-bond acceptors (Lipinski definition) is 5. The van der Waals surface area contributed by atoms with E-state index >= 15 is 0 Å². The van der Waals surface area contributed by atoms with Crippen molar-refractivity contribution in [3.05, 3.63) is 94.3 Å². The van der Waals surface area contributed by atoms with Gasteiger partial charge in [-0.15, -0.1) is 0 Å². The fraction of sp³-hybridized carbons (Fsp3) is 0.222. The molecule has 1 fully saturated rings. The van der Waals surface area contributed by atoms with Gasteiger partial charge < -0.3 is 9.84 Å². The molecule has 3 heterocycles. The van der Waals surface area contributed by atoms with Gasteiger partial charge in [-0.1, -0.05) is 12.1 Å². The molecule has 0 spiro atoms. The lowest BCUT2D eigenvalue weighted by molar-refractivity contribution is -0.132. The molecule has 1 saturated heterocycles. The molecule has 166 valence electrons. The second-order valence-electron chi connectivity index (χ2n) is 8.58. The molecule has 1 amide bonds. The number of ether oxygens (including phenoxy) is 1. The number of aromatic nitrogens is 1. The summed E-state index contributed by atoms with van der Waals surface area (Å²) in [7, 11) is 0. The predicted molar refractivity (Wildman–Crippen MR) is 125 cm³/mol. The molecular formula is C27H24N2O4. The third kappa shape index (κ3) is 3.67. The Bertz CT molecular complexity index is 1280. The largest absolute Gasteiger partial charge is 0.507 e. The molecule has 6 heteroatoms. The van der Waals surface area contributed by atoms with E-state index in [1.807, 2.05) is 50.2 Å². The van der Waals surface area contributed by atoms with Crippen LogP contribution < -0.4 is 9.64 Å². The van der Waals surface area contributed by atoms with E-state index in [-0.39, 0.29) is 11.3 Å². The van der Waals surface area contributed by atoms with Crippen molar-refractivity contribution in [1.29, 1.82) is 0 Å². The second-order valence-corrected chi connectivity index (χ2v) is 8.58. The van der Waals surface area contributed by atoms with E-state index in [9.17, 15) is 14.7 Å². The highest BCUT2D eigenvalue weighted by molar-refractivity contribution is 6.51. The van der Waals surface area contributed by atoms with Crippen molar-refractivity contribution >= 4 is 23.1 Å². The number of benzene rings is 2. The number of nitrogens with zero attached hydrogens (tertiary/aromatic N) is 2. The van der Waals surface area contributed by atoms with Gasteiger partial charge in [0.05, 0.1) is 18.2 Å². The number of aliphatic hydroxyl groups is 1. The summed E-state index contributed by atoms with van der Waals surface area (Å²) in [5, 5.41) is 11.3. The van der Waals surface area contributed by atoms with Gasteiger partial charge in [0.2, 0.25) is 0 Å². The third-order valence-electron chi connectivity index (χ3n) is 6.11. The molecule has 2 aliphatic heterocycles. The van der Waals surface area contributed by atoms with Gasteiger partial charge >= 0.3 is 0 Å². The molecule has 1 aromatic heterocycles. The summed E-state index contributed by atoms with van der Waals surface area (Å²) >= 11 is 0. The second kappa shape index (κ2) is 8.20. The van der Waals surface area contributed by atoms with Crippen LogP contribution in [-0.4, -0.2) is 28.4 Å². The lowest BCUT2D eigenvalue weighted by Crippen LogP contribution is -2.29. The first-order chi connectivity index (χ1) is 15.9. The molecule has 1 atom stereocenters. The van der Waals surface area contributed by atoms with Gasteiger partial charge in [0.15, 0.2) is 0 Å². The summed E-state index contributed by atoms with van der Waals surface area (Å²) in [6, 6.07) is 13.9. The number of aliphatic hydroxyl groups excluding tert-OH is 1. The van der Waals surface area contributed by atoms with Crippen molar-refractivity contribution < 1.29 is 19.4 Å². The molecular weight excluding hydrogens is 416 g/mol. The molecule has 1 unspecified atom stereocenters. The van der Waals surface area contributed by atoms with Crippen molar-refractivity contribution in [3.8, 4) is 5.75 Å². The van der Waals surface area contributed by atoms with Crippen LogP contribution in [0.3, 0.4) is 0 Å². The zero-order chi connectivity index (χ0) is 23.1. The topological polar surface area (TPSA) is 79.7 Å². The van der Waals surface area contributed by atoms with Crippen LogP contribution in [0.4, 0.5) is 5.69 Å². The fourth-order valence-corrected chi connectivity index (χ4v) is 4.70. The van der Waals surface area contributed by atoms with Crippen LogP contribution in [0.25, 0.3) is 5.76 Å². The number of carbonyl (C=O) groups excluding carboxylic acids is 2. The van der Waals surface area contributed by atoms with Crippen molar-refractivity contribution in [2.75, 3.05) is 11.5 Å². The maximum Gasteiger partial charge on any atom is 0.300 e. The Kier molecular flexibility index (Phi) is 5.21. The highest BCUT2D eigenvalue weighted by Crippen LogP contribution is 2.42. The molecule has 2 aliphatic rings. The molecule has 0 aliphatic carbocycles. The summed E-state index contributed by atoms with van der Waals surface area (Å²) in [4.78, 5) is 32.2. The smallest absolute Gasteiger partial charge is 0.300 e. The number of aryl methyl sites for hydroxylation is 3. The van der Waals surface area contributed by atoms with Crippen LogP contribution >= 0.6 is 0 Å². The van der Waals surface area contributed by atoms with Crippen LogP contribution in [0.15, 0.2) is 66.5 Å². The first kappa shape index (κ1) is 20.9. The van der Waals surface area contributed by atoms with Gasteiger partial charge in [0.1, 0.15) is 11.5 Å². The van der Waals surface area contributed by atoms with E-state index in [1.54, 1.807) is 24.5 Å². The predicted octanol–water partition coefficient (Wildman–Crippen LogP) is 4.65. The van der Waals surface area contributed by atoms with E-state index in [4.69, 9.17) is 4.74 Å². The third-order valence-corrected chi connectivity index (χ3v) is 6.11. The number of carbonyl (C=O) groups is 2. The molecule has 1 N–H and O–H groups in total. The zero-order valence-electron chi connectivity index (χ0n) is 18.5. The molecule has 0 bridgehead atoms. The highest BCUT2D eigenvalue weighted by Gasteiger charge is 2.47. The van der Waals surface area contributed by atoms with Gasteiger partial charge in [-0.25, -0.2) is 0 Å². The minimum Gasteiger partial charge on any atom is -0.507 e. The van der Waals surface area contributed by atoms with Crippen molar-refractivity contribution in [3.63, 3.8) is 0 Å². The summed E-state index contributed by atoms with van der Waals surface area (Å²) in [5.41, 5.74) is 4.75. The van der Waals surface area contributed by atoms with E-state index < -0.39 is 17.7 Å². The average molecular weight is 440 g/mol. The van der Waals surface area contributed by atoms with E-state index in [0.29, 0.717) is 23.4 Å². The summed E-state index contributed by atoms with van der Waals surface area (Å²) < 4.78 is 5.67. The van der Waals surface area contributed by atoms with Crippen molar-refractivity contribution in [1.82, 2.24) is 4.98 Å². The quantitative estimate of drug-likeness (QED) is 0.364. The Morgan fingerprint density at radius 1 is 1.09 bits per heavy atom. The van der Waals surface area contributed by atoms with Gasteiger partial charge in [-0.05, 0) is 85.3 Å². The molecule has 2 aromatic carbocycles. The highest BCUT2D eigenvalue weighted by atomic mass is 16.5. The molecule has 6 nitrogen and oxygen atoms in total. The summed E-state index contributed by atoms with van der Waals surface area (Å²) in [6.07, 6.45) is 4.99. The summed E-state index contributed by atoms with van der Waals surface area (Å²) in [6.45, 7) is 4.56. The van der Waals surface area contributed by atoms with Crippen LogP contribution in [0.1, 0.15) is 40.3 Å². The Hall–Kier alpha value is -3.93. The number of ketones is 1. The standard InChI is InChI=1S/C27H24N2O4/c1-16-11-17(2)13-21(12-16)29-24(20-5-3-9-28-15-20)23(26(31)27(29)32)25(30)19-7-8-22-18(14-19)6-4-10-33-22/h3,5,7-9,11-15,24,30H,4,6,10H2,1-2H3/b25-23-. The Labute approximate surface area is 192 Å². The van der Waals surface area contributed by atoms with Crippen molar-refractivity contribution in [2.24, 2.45) is 0 Å². The average Bonchev–Trinajstić information content (AvgIpc) is 3.08. The number of rotatable bonds is 3. The number of pyridine rings is 1. The fourth-order valence-electron chi connectivity index (χ4n) is 4.70. The maximum atomic E-state index is 13.3. The molecule has 0 radical (unpaired) electrons. The lowest BCUT2D eigenvalue weighted by atomic mass is 9.94.